The molecule has 0 saturated carbocycles. The number of aromatic nitrogens is 3. The highest BCUT2D eigenvalue weighted by atomic mass is 16.3. The van der Waals surface area contributed by atoms with Crippen LogP contribution in [0.5, 0.6) is 0 Å². The summed E-state index contributed by atoms with van der Waals surface area (Å²) in [6.45, 7) is 3.72. The van der Waals surface area contributed by atoms with Gasteiger partial charge in [-0.05, 0) is 43.7 Å². The predicted molar refractivity (Wildman–Crippen MR) is 74.2 cm³/mol. The van der Waals surface area contributed by atoms with E-state index >= 15 is 0 Å². The van der Waals surface area contributed by atoms with Crippen molar-refractivity contribution in [2.24, 2.45) is 0 Å². The van der Waals surface area contributed by atoms with Gasteiger partial charge in [0.05, 0.1) is 29.7 Å². The van der Waals surface area contributed by atoms with Crippen molar-refractivity contribution in [3.8, 4) is 5.69 Å². The first-order valence-corrected chi connectivity index (χ1v) is 6.24. The summed E-state index contributed by atoms with van der Waals surface area (Å²) < 4.78 is 1.85. The third-order valence-electron chi connectivity index (χ3n) is 3.21. The molecule has 1 atom stereocenters. The molecule has 0 bridgehead atoms. The highest BCUT2D eigenvalue weighted by Gasteiger charge is 2.07. The molecule has 0 amide bonds. The molecule has 0 saturated heterocycles. The van der Waals surface area contributed by atoms with Crippen LogP contribution in [0.4, 0.5) is 0 Å². The Morgan fingerprint density at radius 2 is 2.00 bits per heavy atom. The van der Waals surface area contributed by atoms with E-state index < -0.39 is 6.10 Å². The lowest BCUT2D eigenvalue weighted by atomic mass is 10.1. The molecule has 0 radical (unpaired) electrons. The van der Waals surface area contributed by atoms with E-state index in [1.54, 1.807) is 13.1 Å². The molecule has 96 valence electrons. The second-order valence-corrected chi connectivity index (χ2v) is 4.71. The Hall–Kier alpha value is -2.20. The van der Waals surface area contributed by atoms with E-state index in [1.165, 1.54) is 0 Å². The van der Waals surface area contributed by atoms with Gasteiger partial charge in [0.1, 0.15) is 0 Å². The van der Waals surface area contributed by atoms with E-state index in [0.717, 1.165) is 27.8 Å². The van der Waals surface area contributed by atoms with Crippen molar-refractivity contribution in [2.75, 3.05) is 0 Å². The van der Waals surface area contributed by atoms with Crippen LogP contribution in [0.3, 0.4) is 0 Å². The summed E-state index contributed by atoms with van der Waals surface area (Å²) in [4.78, 5) is 4.29. The summed E-state index contributed by atoms with van der Waals surface area (Å²) in [7, 11) is 0. The molecule has 1 N–H and O–H groups in total. The standard InChI is InChI=1S/C15H15N3O/c1-10-3-5-14(9-16-10)18-15-6-4-12(11(2)19)7-13(15)8-17-18/h3-9,11,19H,1-2H3. The van der Waals surface area contributed by atoms with Crippen molar-refractivity contribution in [1.82, 2.24) is 14.8 Å². The zero-order valence-electron chi connectivity index (χ0n) is 10.9. The number of hydrogen-bond acceptors (Lipinski definition) is 3. The molecule has 3 aromatic rings. The number of aliphatic hydroxyl groups excluding tert-OH is 1. The van der Waals surface area contributed by atoms with Crippen molar-refractivity contribution in [2.45, 2.75) is 20.0 Å². The minimum atomic E-state index is -0.464. The first-order chi connectivity index (χ1) is 9.15. The first kappa shape index (κ1) is 11.9. The van der Waals surface area contributed by atoms with Crippen LogP contribution in [0.1, 0.15) is 24.3 Å². The quantitative estimate of drug-likeness (QED) is 0.764. The normalized spacial score (nSPS) is 12.8. The molecule has 0 aliphatic rings. The molecular weight excluding hydrogens is 238 g/mol. The zero-order valence-corrected chi connectivity index (χ0v) is 10.9. The van der Waals surface area contributed by atoms with E-state index in [4.69, 9.17) is 0 Å². The average Bonchev–Trinajstić information content (AvgIpc) is 2.82. The number of aryl methyl sites for hydroxylation is 1. The van der Waals surface area contributed by atoms with Crippen molar-refractivity contribution in [3.63, 3.8) is 0 Å². The van der Waals surface area contributed by atoms with Gasteiger partial charge in [0.15, 0.2) is 0 Å². The number of aliphatic hydroxyl groups is 1. The SMILES string of the molecule is Cc1ccc(-n2ncc3cc(C(C)O)ccc32)cn1. The predicted octanol–water partition coefficient (Wildman–Crippen LogP) is 2.78. The van der Waals surface area contributed by atoms with E-state index in [9.17, 15) is 5.11 Å². The Bertz CT molecular complexity index is 714. The number of benzene rings is 1. The monoisotopic (exact) mass is 253 g/mol. The van der Waals surface area contributed by atoms with Gasteiger partial charge in [-0.25, -0.2) is 4.68 Å². The fourth-order valence-corrected chi connectivity index (χ4v) is 2.10. The molecule has 19 heavy (non-hydrogen) atoms. The minimum Gasteiger partial charge on any atom is -0.389 e. The second kappa shape index (κ2) is 4.48. The summed E-state index contributed by atoms with van der Waals surface area (Å²) in [6, 6.07) is 9.83. The van der Waals surface area contributed by atoms with Crippen LogP contribution in [-0.2, 0) is 0 Å². The molecule has 0 spiro atoms. The van der Waals surface area contributed by atoms with Gasteiger partial charge in [0.2, 0.25) is 0 Å². The first-order valence-electron chi connectivity index (χ1n) is 6.24. The van der Waals surface area contributed by atoms with Crippen LogP contribution < -0.4 is 0 Å². The number of pyridine rings is 1. The maximum absolute atomic E-state index is 9.60. The Kier molecular flexibility index (Phi) is 2.80. The van der Waals surface area contributed by atoms with E-state index in [-0.39, 0.29) is 0 Å². The maximum atomic E-state index is 9.60. The van der Waals surface area contributed by atoms with Gasteiger partial charge in [0, 0.05) is 11.1 Å². The van der Waals surface area contributed by atoms with E-state index in [0.29, 0.717) is 0 Å². The topological polar surface area (TPSA) is 50.9 Å². The molecule has 2 heterocycles. The fourth-order valence-electron chi connectivity index (χ4n) is 2.10. The summed E-state index contributed by atoms with van der Waals surface area (Å²) in [5, 5.41) is 15.0. The van der Waals surface area contributed by atoms with Crippen LogP contribution in [-0.4, -0.2) is 19.9 Å². The van der Waals surface area contributed by atoms with Crippen molar-refractivity contribution in [1.29, 1.82) is 0 Å². The van der Waals surface area contributed by atoms with Crippen LogP contribution in [0.25, 0.3) is 16.6 Å². The Balaban J connectivity index is 2.13. The van der Waals surface area contributed by atoms with Gasteiger partial charge in [-0.2, -0.15) is 5.10 Å². The van der Waals surface area contributed by atoms with Crippen molar-refractivity contribution in [3.05, 3.63) is 54.0 Å². The number of fused-ring (bicyclic) bond motifs is 1. The van der Waals surface area contributed by atoms with Gasteiger partial charge in [-0.15, -0.1) is 0 Å². The summed E-state index contributed by atoms with van der Waals surface area (Å²) in [5.74, 6) is 0. The fraction of sp³-hybridized carbons (Fsp3) is 0.200. The summed E-state index contributed by atoms with van der Waals surface area (Å²) in [6.07, 6.45) is 3.15. The summed E-state index contributed by atoms with van der Waals surface area (Å²) >= 11 is 0. The highest BCUT2D eigenvalue weighted by Crippen LogP contribution is 2.22. The molecule has 2 aromatic heterocycles. The molecule has 0 aliphatic heterocycles. The second-order valence-electron chi connectivity index (χ2n) is 4.71. The molecular formula is C15H15N3O. The lowest BCUT2D eigenvalue weighted by Gasteiger charge is -2.06. The molecule has 1 unspecified atom stereocenters. The Labute approximate surface area is 111 Å². The molecule has 4 nitrogen and oxygen atoms in total. The zero-order chi connectivity index (χ0) is 13.4. The molecule has 1 aromatic carbocycles. The van der Waals surface area contributed by atoms with Crippen LogP contribution in [0.15, 0.2) is 42.7 Å². The average molecular weight is 253 g/mol. The maximum Gasteiger partial charge on any atom is 0.0836 e. The lowest BCUT2D eigenvalue weighted by Crippen LogP contribution is -1.97. The van der Waals surface area contributed by atoms with Gasteiger partial charge in [0.25, 0.3) is 0 Å². The number of rotatable bonds is 2. The smallest absolute Gasteiger partial charge is 0.0836 e. The van der Waals surface area contributed by atoms with Gasteiger partial charge < -0.3 is 5.11 Å². The van der Waals surface area contributed by atoms with Gasteiger partial charge in [-0.1, -0.05) is 6.07 Å². The summed E-state index contributed by atoms with van der Waals surface area (Å²) in [5.41, 5.74) is 3.83. The Morgan fingerprint density at radius 1 is 1.16 bits per heavy atom. The van der Waals surface area contributed by atoms with Crippen molar-refractivity contribution >= 4 is 10.9 Å². The van der Waals surface area contributed by atoms with Crippen LogP contribution >= 0.6 is 0 Å². The minimum absolute atomic E-state index is 0.464. The van der Waals surface area contributed by atoms with E-state index in [2.05, 4.69) is 10.1 Å². The number of nitrogens with zero attached hydrogens (tertiary/aromatic N) is 3. The van der Waals surface area contributed by atoms with Crippen LogP contribution in [0.2, 0.25) is 0 Å². The molecule has 0 aliphatic carbocycles. The van der Waals surface area contributed by atoms with E-state index in [1.807, 2.05) is 48.1 Å². The lowest BCUT2D eigenvalue weighted by molar-refractivity contribution is 0.199. The van der Waals surface area contributed by atoms with Crippen LogP contribution in [0, 0.1) is 6.92 Å². The van der Waals surface area contributed by atoms with Crippen molar-refractivity contribution < 1.29 is 5.11 Å². The molecule has 3 rings (SSSR count). The largest absolute Gasteiger partial charge is 0.389 e. The third kappa shape index (κ3) is 2.11. The van der Waals surface area contributed by atoms with Gasteiger partial charge in [-0.3, -0.25) is 4.98 Å². The molecule has 4 heteroatoms. The highest BCUT2D eigenvalue weighted by molar-refractivity contribution is 5.81. The molecule has 0 fully saturated rings. The third-order valence-corrected chi connectivity index (χ3v) is 3.21. The Morgan fingerprint density at radius 3 is 2.68 bits per heavy atom. The number of hydrogen-bond donors (Lipinski definition) is 1. The van der Waals surface area contributed by atoms with Gasteiger partial charge >= 0.3 is 0 Å².